The van der Waals surface area contributed by atoms with Crippen molar-refractivity contribution in [3.05, 3.63) is 46.5 Å². The van der Waals surface area contributed by atoms with Gasteiger partial charge in [-0.15, -0.1) is 0 Å². The largest absolute Gasteiger partial charge is 0.282 e. The highest BCUT2D eigenvalue weighted by atomic mass is 35.5. The molecule has 1 aromatic carbocycles. The van der Waals surface area contributed by atoms with Crippen LogP contribution in [0.5, 0.6) is 0 Å². The van der Waals surface area contributed by atoms with Gasteiger partial charge in [0.25, 0.3) is 10.2 Å². The highest BCUT2D eigenvalue weighted by molar-refractivity contribution is 7.86. The number of nitrogens with zero attached hydrogens (tertiary/aromatic N) is 4. The van der Waals surface area contributed by atoms with Crippen molar-refractivity contribution in [3.63, 3.8) is 0 Å². The number of piperidine rings is 1. The second-order valence-corrected chi connectivity index (χ2v) is 8.84. The lowest BCUT2D eigenvalue weighted by molar-refractivity contribution is 0.286. The fourth-order valence-corrected chi connectivity index (χ4v) is 4.59. The Labute approximate surface area is 153 Å². The van der Waals surface area contributed by atoms with Gasteiger partial charge >= 0.3 is 0 Å². The maximum absolute atomic E-state index is 12.9. The molecule has 0 saturated carbocycles. The lowest BCUT2D eigenvalue weighted by atomic mass is 9.99. The lowest BCUT2D eigenvalue weighted by Gasteiger charge is -2.33. The van der Waals surface area contributed by atoms with E-state index >= 15 is 0 Å². The molecule has 1 saturated heterocycles. The molecule has 1 aliphatic heterocycles. The molecule has 9 heteroatoms. The summed E-state index contributed by atoms with van der Waals surface area (Å²) in [5, 5.41) is 7.66. The molecule has 0 radical (unpaired) electrons. The van der Waals surface area contributed by atoms with Crippen molar-refractivity contribution in [2.24, 2.45) is 0 Å². The molecule has 0 unspecified atom stereocenters. The fraction of sp³-hybridized carbons (Fsp3) is 0.500. The van der Waals surface area contributed by atoms with Gasteiger partial charge in [-0.05, 0) is 37.5 Å². The Balaban J connectivity index is 1.70. The zero-order valence-corrected chi connectivity index (χ0v) is 15.9. The summed E-state index contributed by atoms with van der Waals surface area (Å²) in [4.78, 5) is 4.36. The fourth-order valence-electron chi connectivity index (χ4n) is 3.03. The molecule has 25 heavy (non-hydrogen) atoms. The number of rotatable bonds is 5. The lowest BCUT2D eigenvalue weighted by Crippen LogP contribution is -2.46. The van der Waals surface area contributed by atoms with Crippen molar-refractivity contribution in [2.75, 3.05) is 20.1 Å². The number of H-pyrrole nitrogens is 1. The highest BCUT2D eigenvalue weighted by Gasteiger charge is 2.33. The Morgan fingerprint density at radius 1 is 1.36 bits per heavy atom. The summed E-state index contributed by atoms with van der Waals surface area (Å²) in [5.41, 5.74) is 0.897. The van der Waals surface area contributed by atoms with Gasteiger partial charge in [-0.25, -0.2) is 4.98 Å². The van der Waals surface area contributed by atoms with Crippen LogP contribution < -0.4 is 0 Å². The Hall–Kier alpha value is -1.48. The van der Waals surface area contributed by atoms with Gasteiger partial charge in [0.2, 0.25) is 0 Å². The average Bonchev–Trinajstić information content (AvgIpc) is 3.03. The molecule has 1 aromatic heterocycles. The predicted octanol–water partition coefficient (Wildman–Crippen LogP) is 2.32. The molecule has 2 heterocycles. The molecule has 1 aliphatic rings. The summed E-state index contributed by atoms with van der Waals surface area (Å²) in [6.07, 6.45) is 1.69. The minimum absolute atomic E-state index is 0.0254. The number of benzene rings is 1. The second-order valence-electron chi connectivity index (χ2n) is 6.37. The molecule has 1 fully saturated rings. The van der Waals surface area contributed by atoms with Crippen LogP contribution in [-0.4, -0.2) is 52.3 Å². The number of aromatic amines is 1. The monoisotopic (exact) mass is 383 g/mol. The SMILES string of the molecule is Cc1nc([C@H]2CCCN(S(=O)(=O)N(C)Cc3ccc(Cl)cc3)C2)n[nH]1. The number of aromatic nitrogens is 3. The van der Waals surface area contributed by atoms with Crippen LogP contribution in [-0.2, 0) is 16.8 Å². The first-order valence-electron chi connectivity index (χ1n) is 8.21. The third-order valence-electron chi connectivity index (χ3n) is 4.40. The van der Waals surface area contributed by atoms with Gasteiger partial charge in [-0.2, -0.15) is 22.1 Å². The first-order chi connectivity index (χ1) is 11.9. The summed E-state index contributed by atoms with van der Waals surface area (Å²) in [5.74, 6) is 1.46. The van der Waals surface area contributed by atoms with E-state index in [0.717, 1.165) is 24.2 Å². The molecular formula is C16H22ClN5O2S. The van der Waals surface area contributed by atoms with Crippen LogP contribution >= 0.6 is 11.6 Å². The topological polar surface area (TPSA) is 82.2 Å². The number of aryl methyl sites for hydroxylation is 1. The molecule has 1 N–H and O–H groups in total. The van der Waals surface area contributed by atoms with Crippen LogP contribution in [0.2, 0.25) is 5.02 Å². The number of hydrogen-bond acceptors (Lipinski definition) is 4. The van der Waals surface area contributed by atoms with E-state index in [2.05, 4.69) is 15.2 Å². The van der Waals surface area contributed by atoms with Crippen LogP contribution in [0.3, 0.4) is 0 Å². The molecule has 1 atom stereocenters. The van der Waals surface area contributed by atoms with Crippen LogP contribution in [0.4, 0.5) is 0 Å². The molecule has 0 amide bonds. The van der Waals surface area contributed by atoms with Gasteiger partial charge in [0, 0.05) is 37.6 Å². The summed E-state index contributed by atoms with van der Waals surface area (Å²) in [6, 6.07) is 7.20. The Morgan fingerprint density at radius 3 is 2.72 bits per heavy atom. The minimum atomic E-state index is -3.54. The first kappa shape index (κ1) is 18.3. The average molecular weight is 384 g/mol. The Kier molecular flexibility index (Phi) is 5.43. The first-order valence-corrected chi connectivity index (χ1v) is 9.98. The van der Waals surface area contributed by atoms with Crippen molar-refractivity contribution < 1.29 is 8.42 Å². The van der Waals surface area contributed by atoms with Gasteiger partial charge in [-0.3, -0.25) is 5.10 Å². The Morgan fingerprint density at radius 2 is 2.08 bits per heavy atom. The third-order valence-corrected chi connectivity index (χ3v) is 6.56. The van der Waals surface area contributed by atoms with E-state index in [9.17, 15) is 8.42 Å². The molecule has 0 aliphatic carbocycles. The van der Waals surface area contributed by atoms with E-state index in [0.29, 0.717) is 30.5 Å². The summed E-state index contributed by atoms with van der Waals surface area (Å²) < 4.78 is 28.7. The van der Waals surface area contributed by atoms with E-state index < -0.39 is 10.2 Å². The van der Waals surface area contributed by atoms with Crippen LogP contribution in [0.15, 0.2) is 24.3 Å². The highest BCUT2D eigenvalue weighted by Crippen LogP contribution is 2.27. The number of halogens is 1. The van der Waals surface area contributed by atoms with E-state index in [1.54, 1.807) is 19.2 Å². The molecule has 0 bridgehead atoms. The number of nitrogens with one attached hydrogen (secondary N) is 1. The van der Waals surface area contributed by atoms with Crippen molar-refractivity contribution in [2.45, 2.75) is 32.2 Å². The van der Waals surface area contributed by atoms with Gasteiger partial charge in [0.1, 0.15) is 5.82 Å². The summed E-state index contributed by atoms with van der Waals surface area (Å²) in [7, 11) is -1.93. The minimum Gasteiger partial charge on any atom is -0.263 e. The third kappa shape index (κ3) is 4.20. The van der Waals surface area contributed by atoms with E-state index in [-0.39, 0.29) is 5.92 Å². The van der Waals surface area contributed by atoms with Crippen molar-refractivity contribution in [3.8, 4) is 0 Å². The summed E-state index contributed by atoms with van der Waals surface area (Å²) in [6.45, 7) is 3.08. The van der Waals surface area contributed by atoms with Gasteiger partial charge in [0.15, 0.2) is 5.82 Å². The zero-order chi connectivity index (χ0) is 18.0. The van der Waals surface area contributed by atoms with Gasteiger partial charge < -0.3 is 0 Å². The van der Waals surface area contributed by atoms with Gasteiger partial charge in [0.05, 0.1) is 0 Å². The normalized spacial score (nSPS) is 19.4. The van der Waals surface area contributed by atoms with E-state index in [4.69, 9.17) is 11.6 Å². The summed E-state index contributed by atoms with van der Waals surface area (Å²) >= 11 is 5.88. The molecule has 2 aromatic rings. The molecular weight excluding hydrogens is 362 g/mol. The van der Waals surface area contributed by atoms with Crippen molar-refractivity contribution >= 4 is 21.8 Å². The van der Waals surface area contributed by atoms with Crippen molar-refractivity contribution in [1.82, 2.24) is 23.8 Å². The van der Waals surface area contributed by atoms with E-state index in [1.165, 1.54) is 8.61 Å². The molecule has 3 rings (SSSR count). The standard InChI is InChI=1S/C16H22ClN5O2S/c1-12-18-16(20-19-12)14-4-3-9-22(11-14)25(23,24)21(2)10-13-5-7-15(17)8-6-13/h5-8,14H,3-4,9-11H2,1-2H3,(H,18,19,20)/t14-/m0/s1. The second kappa shape index (κ2) is 7.41. The Bertz CT molecular complexity index is 821. The quantitative estimate of drug-likeness (QED) is 0.858. The predicted molar refractivity (Wildman–Crippen MR) is 96.5 cm³/mol. The smallest absolute Gasteiger partial charge is 0.263 e. The van der Waals surface area contributed by atoms with Crippen LogP contribution in [0.1, 0.15) is 36.0 Å². The van der Waals surface area contributed by atoms with Crippen LogP contribution in [0.25, 0.3) is 0 Å². The molecule has 7 nitrogen and oxygen atoms in total. The van der Waals surface area contributed by atoms with Gasteiger partial charge in [-0.1, -0.05) is 23.7 Å². The van der Waals surface area contributed by atoms with Crippen molar-refractivity contribution in [1.29, 1.82) is 0 Å². The zero-order valence-electron chi connectivity index (χ0n) is 14.3. The van der Waals surface area contributed by atoms with Crippen LogP contribution in [0, 0.1) is 6.92 Å². The maximum atomic E-state index is 12.9. The maximum Gasteiger partial charge on any atom is 0.282 e. The molecule has 0 spiro atoms. The van der Waals surface area contributed by atoms with E-state index in [1.807, 2.05) is 19.1 Å². The molecule has 136 valence electrons. The number of hydrogen-bond donors (Lipinski definition) is 1.